The van der Waals surface area contributed by atoms with E-state index in [1.165, 1.54) is 6.20 Å². The minimum absolute atomic E-state index is 0.00989. The summed E-state index contributed by atoms with van der Waals surface area (Å²) in [6.45, 7) is 0.0319. The number of nitrogens with one attached hydrogen (secondary N) is 1. The van der Waals surface area contributed by atoms with Gasteiger partial charge >= 0.3 is 5.97 Å². The summed E-state index contributed by atoms with van der Waals surface area (Å²) in [4.78, 5) is 28.4. The number of hydrogen-bond donors (Lipinski definition) is 1. The molecule has 23 heavy (non-hydrogen) atoms. The van der Waals surface area contributed by atoms with Crippen molar-refractivity contribution in [1.82, 2.24) is 10.3 Å². The third kappa shape index (κ3) is 5.07. The highest BCUT2D eigenvalue weighted by Crippen LogP contribution is 2.31. The summed E-state index contributed by atoms with van der Waals surface area (Å²) in [6.07, 6.45) is 1.91. The second kappa shape index (κ2) is 8.49. The van der Waals surface area contributed by atoms with Crippen LogP contribution in [0.3, 0.4) is 0 Å². The molecule has 2 heterocycles. The molecule has 2 aromatic heterocycles. The molecule has 0 unspecified atom stereocenters. The van der Waals surface area contributed by atoms with Crippen LogP contribution in [0.4, 0.5) is 0 Å². The van der Waals surface area contributed by atoms with E-state index in [0.717, 1.165) is 11.3 Å². The molecule has 0 aliphatic heterocycles. The van der Waals surface area contributed by atoms with Gasteiger partial charge in [0.25, 0.3) is 5.91 Å². The van der Waals surface area contributed by atoms with E-state index in [1.54, 1.807) is 11.3 Å². The van der Waals surface area contributed by atoms with Gasteiger partial charge in [-0.25, -0.2) is 9.78 Å². The molecule has 5 nitrogen and oxygen atoms in total. The molecule has 0 atom stereocenters. The van der Waals surface area contributed by atoms with E-state index in [-0.39, 0.29) is 20.8 Å². The fourth-order valence-electron chi connectivity index (χ4n) is 1.62. The highest BCUT2D eigenvalue weighted by molar-refractivity contribution is 7.09. The molecule has 0 aliphatic carbocycles. The highest BCUT2D eigenvalue weighted by Gasteiger charge is 2.19. The van der Waals surface area contributed by atoms with Gasteiger partial charge in [-0.15, -0.1) is 11.3 Å². The van der Waals surface area contributed by atoms with Gasteiger partial charge in [0.2, 0.25) is 0 Å². The third-order valence-electron chi connectivity index (χ3n) is 2.72. The first-order chi connectivity index (χ1) is 11.0. The lowest BCUT2D eigenvalue weighted by molar-refractivity contribution is -0.124. The largest absolute Gasteiger partial charge is 0.451 e. The lowest BCUT2D eigenvalue weighted by Crippen LogP contribution is -2.30. The number of esters is 1. The van der Waals surface area contributed by atoms with E-state index in [4.69, 9.17) is 39.5 Å². The lowest BCUT2D eigenvalue weighted by Gasteiger charge is -2.07. The topological polar surface area (TPSA) is 68.3 Å². The Labute approximate surface area is 151 Å². The van der Waals surface area contributed by atoms with Crippen LogP contribution in [0.25, 0.3) is 0 Å². The first kappa shape index (κ1) is 18.0. The molecule has 0 aromatic carbocycles. The Hall–Kier alpha value is -1.34. The van der Waals surface area contributed by atoms with Crippen LogP contribution >= 0.6 is 46.1 Å². The zero-order valence-electron chi connectivity index (χ0n) is 11.6. The molecule has 0 spiro atoms. The van der Waals surface area contributed by atoms with Crippen LogP contribution in [-0.2, 0) is 16.0 Å². The SMILES string of the molecule is O=C(COC(=O)c1ncc(Cl)c(Cl)c1Cl)NCCc1cccs1. The van der Waals surface area contributed by atoms with Gasteiger partial charge in [-0.2, -0.15) is 0 Å². The molecule has 1 amide bonds. The van der Waals surface area contributed by atoms with Crippen molar-refractivity contribution in [3.63, 3.8) is 0 Å². The lowest BCUT2D eigenvalue weighted by atomic mass is 10.3. The molecule has 2 aromatic rings. The molecule has 122 valence electrons. The van der Waals surface area contributed by atoms with Gasteiger partial charge in [0.05, 0.1) is 15.1 Å². The number of halogens is 3. The van der Waals surface area contributed by atoms with E-state index in [0.29, 0.717) is 6.54 Å². The minimum atomic E-state index is -0.845. The van der Waals surface area contributed by atoms with Crippen LogP contribution in [0.15, 0.2) is 23.7 Å². The van der Waals surface area contributed by atoms with Crippen molar-refractivity contribution in [3.8, 4) is 0 Å². The molecule has 0 aliphatic rings. The fourth-order valence-corrected chi connectivity index (χ4v) is 2.88. The van der Waals surface area contributed by atoms with Crippen molar-refractivity contribution in [3.05, 3.63) is 49.3 Å². The normalized spacial score (nSPS) is 10.4. The standard InChI is InChI=1S/C14H11Cl3N2O3S/c15-9-6-19-13(12(17)11(9)16)14(21)22-7-10(20)18-4-3-8-2-1-5-23-8/h1-2,5-6H,3-4,7H2,(H,18,20). The zero-order chi connectivity index (χ0) is 16.8. The van der Waals surface area contributed by atoms with Crippen LogP contribution in [0, 0.1) is 0 Å². The monoisotopic (exact) mass is 392 g/mol. The van der Waals surface area contributed by atoms with Crippen molar-refractivity contribution in [2.75, 3.05) is 13.2 Å². The number of hydrogen-bond acceptors (Lipinski definition) is 5. The van der Waals surface area contributed by atoms with E-state index >= 15 is 0 Å². The molecule has 9 heteroatoms. The third-order valence-corrected chi connectivity index (χ3v) is 4.90. The smallest absolute Gasteiger partial charge is 0.359 e. The van der Waals surface area contributed by atoms with Crippen LogP contribution in [0.5, 0.6) is 0 Å². The van der Waals surface area contributed by atoms with E-state index in [1.807, 2.05) is 17.5 Å². The maximum Gasteiger partial charge on any atom is 0.359 e. The second-order valence-electron chi connectivity index (χ2n) is 4.34. The van der Waals surface area contributed by atoms with Crippen LogP contribution < -0.4 is 5.32 Å². The molecule has 0 bridgehead atoms. The quantitative estimate of drug-likeness (QED) is 0.761. The average Bonchev–Trinajstić information content (AvgIpc) is 3.04. The Balaban J connectivity index is 1.80. The van der Waals surface area contributed by atoms with Crippen LogP contribution in [0.1, 0.15) is 15.4 Å². The Morgan fingerprint density at radius 3 is 2.74 bits per heavy atom. The second-order valence-corrected chi connectivity index (χ2v) is 6.53. The van der Waals surface area contributed by atoms with Gasteiger partial charge in [0, 0.05) is 17.6 Å². The summed E-state index contributed by atoms with van der Waals surface area (Å²) in [5.74, 6) is -1.26. The molecular weight excluding hydrogens is 383 g/mol. The van der Waals surface area contributed by atoms with Crippen molar-refractivity contribution in [1.29, 1.82) is 0 Å². The summed E-state index contributed by atoms with van der Waals surface area (Å²) in [5.41, 5.74) is -0.188. The summed E-state index contributed by atoms with van der Waals surface area (Å²) in [7, 11) is 0. The fraction of sp³-hybridized carbons (Fsp3) is 0.214. The molecular formula is C14H11Cl3N2O3S. The van der Waals surface area contributed by atoms with E-state index in [9.17, 15) is 9.59 Å². The van der Waals surface area contributed by atoms with Gasteiger partial charge < -0.3 is 10.1 Å². The summed E-state index contributed by atoms with van der Waals surface area (Å²) in [6, 6.07) is 3.92. The number of aromatic nitrogens is 1. The number of ether oxygens (including phenoxy) is 1. The van der Waals surface area contributed by atoms with Crippen molar-refractivity contribution in [2.45, 2.75) is 6.42 Å². The summed E-state index contributed by atoms with van der Waals surface area (Å²) in [5, 5.41) is 4.64. The number of nitrogens with zero attached hydrogens (tertiary/aromatic N) is 1. The Morgan fingerprint density at radius 2 is 2.04 bits per heavy atom. The zero-order valence-corrected chi connectivity index (χ0v) is 14.7. The maximum atomic E-state index is 11.8. The number of carbonyl (C=O) groups is 2. The highest BCUT2D eigenvalue weighted by atomic mass is 35.5. The predicted molar refractivity (Wildman–Crippen MR) is 90.6 cm³/mol. The number of carbonyl (C=O) groups excluding carboxylic acids is 2. The van der Waals surface area contributed by atoms with Crippen molar-refractivity contribution in [2.24, 2.45) is 0 Å². The number of rotatable bonds is 6. The van der Waals surface area contributed by atoms with Crippen molar-refractivity contribution < 1.29 is 14.3 Å². The number of amides is 1. The van der Waals surface area contributed by atoms with Crippen LogP contribution in [-0.4, -0.2) is 30.0 Å². The molecule has 0 saturated heterocycles. The van der Waals surface area contributed by atoms with Gasteiger partial charge in [-0.3, -0.25) is 4.79 Å². The van der Waals surface area contributed by atoms with Gasteiger partial charge in [0.1, 0.15) is 0 Å². The van der Waals surface area contributed by atoms with Gasteiger partial charge in [0.15, 0.2) is 12.3 Å². The van der Waals surface area contributed by atoms with E-state index in [2.05, 4.69) is 10.3 Å². The molecule has 2 rings (SSSR count). The molecule has 0 fully saturated rings. The Kier molecular flexibility index (Phi) is 6.65. The average molecular weight is 394 g/mol. The first-order valence-corrected chi connectivity index (χ1v) is 8.46. The predicted octanol–water partition coefficient (Wildman–Crippen LogP) is 3.62. The van der Waals surface area contributed by atoms with Gasteiger partial charge in [-0.1, -0.05) is 40.9 Å². The number of thiophene rings is 1. The van der Waals surface area contributed by atoms with Gasteiger partial charge in [-0.05, 0) is 17.9 Å². The Morgan fingerprint density at radius 1 is 1.26 bits per heavy atom. The minimum Gasteiger partial charge on any atom is -0.451 e. The first-order valence-electron chi connectivity index (χ1n) is 6.44. The molecule has 0 saturated carbocycles. The number of pyridine rings is 1. The van der Waals surface area contributed by atoms with Crippen molar-refractivity contribution >= 4 is 58.0 Å². The molecule has 1 N–H and O–H groups in total. The summed E-state index contributed by atoms with van der Waals surface area (Å²) < 4.78 is 4.86. The maximum absolute atomic E-state index is 11.8. The Bertz CT molecular complexity index is 708. The van der Waals surface area contributed by atoms with Crippen LogP contribution in [0.2, 0.25) is 15.1 Å². The summed E-state index contributed by atoms with van der Waals surface area (Å²) >= 11 is 19.0. The van der Waals surface area contributed by atoms with E-state index < -0.39 is 18.5 Å². The molecule has 0 radical (unpaired) electrons.